The Balaban J connectivity index is 1.79. The van der Waals surface area contributed by atoms with E-state index < -0.39 is 0 Å². The molecule has 0 aromatic heterocycles. The second kappa shape index (κ2) is 6.53. The largest absolute Gasteiger partial charge is 0.313 e. The third kappa shape index (κ3) is 4.09. The van der Waals surface area contributed by atoms with Crippen molar-refractivity contribution in [2.45, 2.75) is 38.8 Å². The monoisotopic (exact) mass is 296 g/mol. The summed E-state index contributed by atoms with van der Waals surface area (Å²) in [5.41, 5.74) is 2.74. The first-order valence-corrected chi connectivity index (χ1v) is 7.24. The van der Waals surface area contributed by atoms with E-state index in [1.165, 1.54) is 36.9 Å². The molecule has 1 heterocycles. The maximum absolute atomic E-state index is 3.56. The molecule has 1 saturated heterocycles. The highest BCUT2D eigenvalue weighted by Gasteiger charge is 2.11. The zero-order valence-corrected chi connectivity index (χ0v) is 12.0. The molecule has 1 unspecified atom stereocenters. The summed E-state index contributed by atoms with van der Waals surface area (Å²) in [6, 6.07) is 7.13. The zero-order valence-electron chi connectivity index (χ0n) is 10.4. The molecule has 1 aromatic carbocycles. The molecule has 1 fully saturated rings. The van der Waals surface area contributed by atoms with Crippen LogP contribution < -0.4 is 10.6 Å². The van der Waals surface area contributed by atoms with Crippen LogP contribution in [0.15, 0.2) is 22.7 Å². The highest BCUT2D eigenvalue weighted by Crippen LogP contribution is 2.16. The Kier molecular flexibility index (Phi) is 5.01. The molecule has 1 aliphatic rings. The molecule has 0 bridgehead atoms. The van der Waals surface area contributed by atoms with E-state index in [1.807, 2.05) is 0 Å². The number of halogens is 1. The number of piperidine rings is 1. The van der Waals surface area contributed by atoms with Crippen molar-refractivity contribution in [2.75, 3.05) is 13.1 Å². The van der Waals surface area contributed by atoms with Crippen LogP contribution >= 0.6 is 15.9 Å². The molecule has 1 atom stereocenters. The average Bonchev–Trinajstić information content (AvgIpc) is 2.35. The Morgan fingerprint density at radius 2 is 2.29 bits per heavy atom. The number of nitrogens with one attached hydrogen (secondary N) is 2. The first kappa shape index (κ1) is 13.1. The van der Waals surface area contributed by atoms with Gasteiger partial charge in [0.1, 0.15) is 0 Å². The first-order chi connectivity index (χ1) is 8.25. The lowest BCUT2D eigenvalue weighted by Crippen LogP contribution is -2.41. The zero-order chi connectivity index (χ0) is 12.1. The van der Waals surface area contributed by atoms with Crippen LogP contribution in [-0.4, -0.2) is 19.1 Å². The summed E-state index contributed by atoms with van der Waals surface area (Å²) >= 11 is 3.52. The van der Waals surface area contributed by atoms with Gasteiger partial charge in [-0.05, 0) is 49.6 Å². The fraction of sp³-hybridized carbons (Fsp3) is 0.571. The summed E-state index contributed by atoms with van der Waals surface area (Å²) in [5, 5.41) is 7.12. The topological polar surface area (TPSA) is 24.1 Å². The van der Waals surface area contributed by atoms with Crippen molar-refractivity contribution in [3.63, 3.8) is 0 Å². The van der Waals surface area contributed by atoms with Crippen molar-refractivity contribution in [2.24, 2.45) is 0 Å². The SMILES string of the molecule is Cc1ccc(Br)cc1CNCC1CCCCN1. The average molecular weight is 297 g/mol. The van der Waals surface area contributed by atoms with Gasteiger partial charge in [0.05, 0.1) is 0 Å². The Morgan fingerprint density at radius 3 is 3.06 bits per heavy atom. The van der Waals surface area contributed by atoms with Gasteiger partial charge in [0.2, 0.25) is 0 Å². The standard InChI is InChI=1S/C14H21BrN2/c1-11-5-6-13(15)8-12(11)9-16-10-14-4-2-3-7-17-14/h5-6,8,14,16-17H,2-4,7,9-10H2,1H3. The summed E-state index contributed by atoms with van der Waals surface area (Å²) in [6.07, 6.45) is 4.01. The first-order valence-electron chi connectivity index (χ1n) is 6.45. The van der Waals surface area contributed by atoms with Crippen molar-refractivity contribution in [1.82, 2.24) is 10.6 Å². The molecule has 2 rings (SSSR count). The van der Waals surface area contributed by atoms with E-state index in [4.69, 9.17) is 0 Å². The lowest BCUT2D eigenvalue weighted by atomic mass is 10.0. The molecular formula is C14H21BrN2. The minimum atomic E-state index is 0.663. The fourth-order valence-corrected chi connectivity index (χ4v) is 2.72. The molecule has 2 N–H and O–H groups in total. The number of aryl methyl sites for hydroxylation is 1. The number of hydrogen-bond acceptors (Lipinski definition) is 2. The van der Waals surface area contributed by atoms with Gasteiger partial charge in [-0.25, -0.2) is 0 Å². The van der Waals surface area contributed by atoms with Crippen molar-refractivity contribution in [3.05, 3.63) is 33.8 Å². The number of benzene rings is 1. The predicted molar refractivity (Wildman–Crippen MR) is 76.2 cm³/mol. The van der Waals surface area contributed by atoms with E-state index in [9.17, 15) is 0 Å². The third-order valence-corrected chi connectivity index (χ3v) is 3.92. The van der Waals surface area contributed by atoms with Gasteiger partial charge in [-0.15, -0.1) is 0 Å². The quantitative estimate of drug-likeness (QED) is 0.893. The van der Waals surface area contributed by atoms with E-state index in [0.29, 0.717) is 6.04 Å². The lowest BCUT2D eigenvalue weighted by molar-refractivity contribution is 0.383. The van der Waals surface area contributed by atoms with E-state index in [2.05, 4.69) is 51.7 Å². The van der Waals surface area contributed by atoms with Gasteiger partial charge in [0.25, 0.3) is 0 Å². The van der Waals surface area contributed by atoms with Crippen molar-refractivity contribution >= 4 is 15.9 Å². The Labute approximate surface area is 112 Å². The second-order valence-electron chi connectivity index (χ2n) is 4.85. The smallest absolute Gasteiger partial charge is 0.0209 e. The van der Waals surface area contributed by atoms with Gasteiger partial charge in [-0.2, -0.15) is 0 Å². The van der Waals surface area contributed by atoms with Gasteiger partial charge in [0.15, 0.2) is 0 Å². The van der Waals surface area contributed by atoms with Crippen molar-refractivity contribution < 1.29 is 0 Å². The summed E-state index contributed by atoms with van der Waals surface area (Å²) in [7, 11) is 0. The maximum Gasteiger partial charge on any atom is 0.0209 e. The summed E-state index contributed by atoms with van der Waals surface area (Å²) in [4.78, 5) is 0. The van der Waals surface area contributed by atoms with Gasteiger partial charge < -0.3 is 10.6 Å². The minimum absolute atomic E-state index is 0.663. The highest BCUT2D eigenvalue weighted by atomic mass is 79.9. The van der Waals surface area contributed by atoms with E-state index in [0.717, 1.165) is 17.6 Å². The molecule has 0 amide bonds. The molecule has 1 aliphatic heterocycles. The normalized spacial score (nSPS) is 20.5. The second-order valence-corrected chi connectivity index (χ2v) is 5.76. The molecule has 94 valence electrons. The highest BCUT2D eigenvalue weighted by molar-refractivity contribution is 9.10. The molecule has 0 spiro atoms. The summed E-state index contributed by atoms with van der Waals surface area (Å²) < 4.78 is 1.16. The van der Waals surface area contributed by atoms with Crippen LogP contribution in [0.2, 0.25) is 0 Å². The molecular weight excluding hydrogens is 276 g/mol. The van der Waals surface area contributed by atoms with Crippen molar-refractivity contribution in [1.29, 1.82) is 0 Å². The molecule has 3 heteroatoms. The Morgan fingerprint density at radius 1 is 1.41 bits per heavy atom. The van der Waals surface area contributed by atoms with E-state index in [-0.39, 0.29) is 0 Å². The molecule has 0 saturated carbocycles. The van der Waals surface area contributed by atoms with Gasteiger partial charge >= 0.3 is 0 Å². The van der Waals surface area contributed by atoms with Crippen LogP contribution in [0.5, 0.6) is 0 Å². The van der Waals surface area contributed by atoms with Crippen LogP contribution in [-0.2, 0) is 6.54 Å². The van der Waals surface area contributed by atoms with Crippen LogP contribution in [0.1, 0.15) is 30.4 Å². The fourth-order valence-electron chi connectivity index (χ4n) is 2.31. The summed E-state index contributed by atoms with van der Waals surface area (Å²) in [5.74, 6) is 0. The van der Waals surface area contributed by atoms with Crippen molar-refractivity contribution in [3.8, 4) is 0 Å². The Bertz CT molecular complexity index is 359. The minimum Gasteiger partial charge on any atom is -0.313 e. The number of rotatable bonds is 4. The van der Waals surface area contributed by atoms with Crippen LogP contribution in [0.4, 0.5) is 0 Å². The Hall–Kier alpha value is -0.380. The van der Waals surface area contributed by atoms with Crippen LogP contribution in [0.3, 0.4) is 0 Å². The molecule has 1 aromatic rings. The van der Waals surface area contributed by atoms with Gasteiger partial charge in [0, 0.05) is 23.6 Å². The lowest BCUT2D eigenvalue weighted by Gasteiger charge is -2.23. The van der Waals surface area contributed by atoms with Gasteiger partial charge in [-0.1, -0.05) is 28.4 Å². The maximum atomic E-state index is 3.56. The van der Waals surface area contributed by atoms with Crippen LogP contribution in [0.25, 0.3) is 0 Å². The predicted octanol–water partition coefficient (Wildman–Crippen LogP) is 2.99. The molecule has 0 aliphatic carbocycles. The van der Waals surface area contributed by atoms with E-state index >= 15 is 0 Å². The summed E-state index contributed by atoms with van der Waals surface area (Å²) in [6.45, 7) is 5.39. The van der Waals surface area contributed by atoms with E-state index in [1.54, 1.807) is 0 Å². The van der Waals surface area contributed by atoms with Gasteiger partial charge in [-0.3, -0.25) is 0 Å². The molecule has 0 radical (unpaired) electrons. The molecule has 17 heavy (non-hydrogen) atoms. The molecule has 2 nitrogen and oxygen atoms in total. The third-order valence-electron chi connectivity index (χ3n) is 3.43. The number of hydrogen-bond donors (Lipinski definition) is 2. The van der Waals surface area contributed by atoms with Crippen LogP contribution in [0, 0.1) is 6.92 Å².